The summed E-state index contributed by atoms with van der Waals surface area (Å²) < 4.78 is 0. The second-order valence-corrected chi connectivity index (χ2v) is 5.92. The molecule has 0 bridgehead atoms. The Hall–Kier alpha value is -1.22. The molecule has 0 saturated carbocycles. The fourth-order valence-electron chi connectivity index (χ4n) is 2.80. The molecule has 1 fully saturated rings. The molecule has 20 heavy (non-hydrogen) atoms. The normalized spacial score (nSPS) is 35.5. The lowest BCUT2D eigenvalue weighted by Crippen LogP contribution is -2.39. The van der Waals surface area contributed by atoms with E-state index in [4.69, 9.17) is 0 Å². The van der Waals surface area contributed by atoms with E-state index in [0.29, 0.717) is 11.4 Å². The second-order valence-electron chi connectivity index (χ2n) is 5.00. The third-order valence-electron chi connectivity index (χ3n) is 3.81. The molecular weight excluding hydrogens is 280 g/mol. The number of rotatable bonds is 3. The van der Waals surface area contributed by atoms with E-state index in [1.807, 2.05) is 6.26 Å². The van der Waals surface area contributed by atoms with Crippen molar-refractivity contribution in [3.63, 3.8) is 0 Å². The molecule has 108 valence electrons. The van der Waals surface area contributed by atoms with Gasteiger partial charge in [-0.25, -0.2) is 4.98 Å². The van der Waals surface area contributed by atoms with E-state index in [9.17, 15) is 15.0 Å². The molecule has 0 aliphatic carbocycles. The van der Waals surface area contributed by atoms with Gasteiger partial charge in [0.25, 0.3) is 5.56 Å². The van der Waals surface area contributed by atoms with Crippen molar-refractivity contribution in [1.29, 1.82) is 0 Å². The summed E-state index contributed by atoms with van der Waals surface area (Å²) in [6.45, 7) is 0. The number of aliphatic hydroxyl groups excluding tert-OH is 2. The number of thioether (sulfide) groups is 1. The van der Waals surface area contributed by atoms with Gasteiger partial charge in [-0.3, -0.25) is 9.79 Å². The van der Waals surface area contributed by atoms with E-state index in [1.165, 1.54) is 6.33 Å². The van der Waals surface area contributed by atoms with E-state index < -0.39 is 12.2 Å². The van der Waals surface area contributed by atoms with Crippen LogP contribution in [0.1, 0.15) is 11.6 Å². The number of nitrogens with zero attached hydrogens (tertiary/aromatic N) is 2. The molecule has 1 aromatic heterocycles. The van der Waals surface area contributed by atoms with E-state index in [2.05, 4.69) is 20.3 Å². The Balaban J connectivity index is 1.88. The van der Waals surface area contributed by atoms with Crippen molar-refractivity contribution >= 4 is 23.7 Å². The van der Waals surface area contributed by atoms with Crippen LogP contribution < -0.4 is 10.9 Å². The van der Waals surface area contributed by atoms with Crippen LogP contribution in [0.5, 0.6) is 0 Å². The molecule has 2 aliphatic heterocycles. The lowest BCUT2D eigenvalue weighted by molar-refractivity contribution is 0.0299. The van der Waals surface area contributed by atoms with Gasteiger partial charge in [0.15, 0.2) is 0 Å². The molecule has 3 rings (SSSR count). The van der Waals surface area contributed by atoms with Crippen LogP contribution in [-0.2, 0) is 0 Å². The third-order valence-corrected chi connectivity index (χ3v) is 4.50. The fourth-order valence-corrected chi connectivity index (χ4v) is 3.45. The molecular formula is C12H16N4O3S. The van der Waals surface area contributed by atoms with E-state index in [-0.39, 0.29) is 29.2 Å². The van der Waals surface area contributed by atoms with E-state index in [1.54, 1.807) is 18.0 Å². The molecule has 0 aromatic carbocycles. The van der Waals surface area contributed by atoms with Crippen molar-refractivity contribution in [2.24, 2.45) is 4.99 Å². The monoisotopic (exact) mass is 296 g/mol. The van der Waals surface area contributed by atoms with E-state index in [0.717, 1.165) is 0 Å². The number of H-pyrrole nitrogens is 1. The zero-order chi connectivity index (χ0) is 14.3. The van der Waals surface area contributed by atoms with Crippen LogP contribution in [0.25, 0.3) is 0 Å². The summed E-state index contributed by atoms with van der Waals surface area (Å²) in [5, 5.41) is 23.5. The molecule has 1 unspecified atom stereocenters. The Morgan fingerprint density at radius 2 is 2.20 bits per heavy atom. The SMILES string of the molecule is CSC[C@H]1N[C@@H](C2C=Nc3c2nc[nH]c3=O)[C@H](O)[C@@H]1O. The van der Waals surface area contributed by atoms with Gasteiger partial charge < -0.3 is 20.5 Å². The van der Waals surface area contributed by atoms with Crippen molar-refractivity contribution in [3.8, 4) is 0 Å². The molecule has 0 radical (unpaired) electrons. The van der Waals surface area contributed by atoms with Crippen LogP contribution in [0, 0.1) is 0 Å². The molecule has 1 saturated heterocycles. The van der Waals surface area contributed by atoms with Crippen molar-refractivity contribution in [2.45, 2.75) is 30.2 Å². The lowest BCUT2D eigenvalue weighted by Gasteiger charge is -2.20. The summed E-state index contributed by atoms with van der Waals surface area (Å²) in [5.41, 5.74) is 0.541. The first kappa shape index (κ1) is 13.7. The molecule has 3 heterocycles. The molecule has 8 heteroatoms. The summed E-state index contributed by atoms with van der Waals surface area (Å²) in [4.78, 5) is 22.4. The summed E-state index contributed by atoms with van der Waals surface area (Å²) in [7, 11) is 0. The molecule has 1 aromatic rings. The van der Waals surface area contributed by atoms with Crippen LogP contribution in [0.2, 0.25) is 0 Å². The highest BCUT2D eigenvalue weighted by molar-refractivity contribution is 7.98. The van der Waals surface area contributed by atoms with Crippen molar-refractivity contribution in [3.05, 3.63) is 22.4 Å². The minimum atomic E-state index is -0.907. The van der Waals surface area contributed by atoms with Crippen LogP contribution >= 0.6 is 11.8 Å². The molecule has 4 N–H and O–H groups in total. The Labute approximate surface area is 119 Å². The number of aliphatic hydroxyl groups is 2. The maximum atomic E-state index is 11.6. The predicted octanol–water partition coefficient (Wildman–Crippen LogP) is -1.01. The summed E-state index contributed by atoms with van der Waals surface area (Å²) in [6, 6.07) is -0.564. The van der Waals surface area contributed by atoms with Crippen LogP contribution in [0.15, 0.2) is 16.1 Å². The number of hydrogen-bond donors (Lipinski definition) is 4. The Kier molecular flexibility index (Phi) is 3.63. The van der Waals surface area contributed by atoms with Gasteiger partial charge in [0.1, 0.15) is 5.69 Å². The highest BCUT2D eigenvalue weighted by Crippen LogP contribution is 2.33. The van der Waals surface area contributed by atoms with Crippen molar-refractivity contribution < 1.29 is 10.2 Å². The van der Waals surface area contributed by atoms with Gasteiger partial charge in [-0.05, 0) is 6.26 Å². The Bertz CT molecular complexity index is 590. The summed E-state index contributed by atoms with van der Waals surface area (Å²) in [6.07, 6.45) is 3.16. The van der Waals surface area contributed by atoms with Gasteiger partial charge in [0.2, 0.25) is 0 Å². The van der Waals surface area contributed by atoms with Gasteiger partial charge >= 0.3 is 0 Å². The predicted molar refractivity (Wildman–Crippen MR) is 76.9 cm³/mol. The number of nitrogens with one attached hydrogen (secondary N) is 2. The number of aromatic amines is 1. The van der Waals surface area contributed by atoms with Crippen molar-refractivity contribution in [1.82, 2.24) is 15.3 Å². The highest BCUT2D eigenvalue weighted by Gasteiger charge is 2.46. The largest absolute Gasteiger partial charge is 0.389 e. The summed E-state index contributed by atoms with van der Waals surface area (Å²) >= 11 is 1.60. The molecule has 0 amide bonds. The first-order chi connectivity index (χ1) is 9.63. The lowest BCUT2D eigenvalue weighted by atomic mass is 9.94. The third kappa shape index (κ3) is 2.08. The standard InChI is InChI=1S/C12H16N4O3S/c1-20-3-6-10(17)11(18)8(16-6)5-2-13-9-7(5)14-4-15-12(9)19/h2,4-6,8,10-11,16-18H,3H2,1H3,(H,14,15,19)/t5?,6-,8+,10-,11+/m1/s1. The zero-order valence-corrected chi connectivity index (χ0v) is 11.7. The average molecular weight is 296 g/mol. The number of aromatic nitrogens is 2. The molecule has 7 nitrogen and oxygen atoms in total. The first-order valence-electron chi connectivity index (χ1n) is 6.36. The van der Waals surface area contributed by atoms with Gasteiger partial charge in [-0.1, -0.05) is 0 Å². The molecule has 5 atom stereocenters. The van der Waals surface area contributed by atoms with Crippen molar-refractivity contribution in [2.75, 3.05) is 12.0 Å². The Morgan fingerprint density at radius 3 is 2.95 bits per heavy atom. The van der Waals surface area contributed by atoms with E-state index >= 15 is 0 Å². The number of aliphatic imine (C=N–C) groups is 1. The van der Waals surface area contributed by atoms with Gasteiger partial charge in [-0.2, -0.15) is 11.8 Å². The summed E-state index contributed by atoms with van der Waals surface area (Å²) in [5.74, 6) is 0.401. The highest BCUT2D eigenvalue weighted by atomic mass is 32.2. The minimum absolute atomic E-state index is 0.176. The van der Waals surface area contributed by atoms with Gasteiger partial charge in [0, 0.05) is 24.1 Å². The minimum Gasteiger partial charge on any atom is -0.389 e. The molecule has 2 aliphatic rings. The smallest absolute Gasteiger partial charge is 0.276 e. The average Bonchev–Trinajstić information content (AvgIpc) is 2.97. The maximum Gasteiger partial charge on any atom is 0.276 e. The van der Waals surface area contributed by atoms with Crippen LogP contribution in [0.3, 0.4) is 0 Å². The van der Waals surface area contributed by atoms with Crippen LogP contribution in [-0.4, -0.2) is 62.7 Å². The topological polar surface area (TPSA) is 111 Å². The second kappa shape index (κ2) is 5.28. The number of fused-ring (bicyclic) bond motifs is 1. The van der Waals surface area contributed by atoms with Gasteiger partial charge in [-0.15, -0.1) is 0 Å². The zero-order valence-electron chi connectivity index (χ0n) is 10.9. The fraction of sp³-hybridized carbons (Fsp3) is 0.583. The number of hydrogen-bond acceptors (Lipinski definition) is 7. The first-order valence-corrected chi connectivity index (χ1v) is 7.75. The maximum absolute atomic E-state index is 11.6. The Morgan fingerprint density at radius 1 is 1.40 bits per heavy atom. The molecule has 0 spiro atoms. The quantitative estimate of drug-likeness (QED) is 0.569. The van der Waals surface area contributed by atoms with Gasteiger partial charge in [0.05, 0.1) is 30.1 Å². The van der Waals surface area contributed by atoms with Crippen LogP contribution in [0.4, 0.5) is 5.69 Å².